The molecule has 1 saturated carbocycles. The monoisotopic (exact) mass is 486 g/mol. The van der Waals surface area contributed by atoms with Gasteiger partial charge in [0.2, 0.25) is 5.91 Å². The fourth-order valence-electron chi connectivity index (χ4n) is 4.47. The summed E-state index contributed by atoms with van der Waals surface area (Å²) in [5.41, 5.74) is 2.06. The van der Waals surface area contributed by atoms with Crippen LogP contribution in [0.4, 0.5) is 0 Å². The number of ether oxygens (including phenoxy) is 2. The molecule has 1 fully saturated rings. The molecule has 0 bridgehead atoms. The van der Waals surface area contributed by atoms with Gasteiger partial charge < -0.3 is 19.5 Å². The predicted octanol–water partition coefficient (Wildman–Crippen LogP) is 4.20. The number of aliphatic hydroxyl groups excluding tert-OH is 1. The number of hydrogen-bond donors (Lipinski definition) is 1. The zero-order chi connectivity index (χ0) is 24.3. The highest BCUT2D eigenvalue weighted by molar-refractivity contribution is 7.10. The predicted molar refractivity (Wildman–Crippen MR) is 135 cm³/mol. The van der Waals surface area contributed by atoms with E-state index in [4.69, 9.17) is 9.47 Å². The van der Waals surface area contributed by atoms with Crippen molar-refractivity contribution in [2.75, 3.05) is 32.8 Å². The number of aliphatic hydroxyl groups is 1. The van der Waals surface area contributed by atoms with Crippen LogP contribution in [0, 0.1) is 6.92 Å². The third kappa shape index (κ3) is 6.81. The average molecular weight is 487 g/mol. The van der Waals surface area contributed by atoms with Gasteiger partial charge in [-0.05, 0) is 81.7 Å². The molecule has 7 heteroatoms. The molecular weight excluding hydrogens is 448 g/mol. The molecule has 1 aromatic heterocycles. The van der Waals surface area contributed by atoms with Crippen LogP contribution in [0.5, 0.6) is 5.75 Å². The smallest absolute Gasteiger partial charge is 0.237 e. The highest BCUT2D eigenvalue weighted by atomic mass is 32.1. The molecule has 2 aromatic rings. The molecule has 2 unspecified atom stereocenters. The maximum Gasteiger partial charge on any atom is 0.237 e. The van der Waals surface area contributed by atoms with E-state index in [-0.39, 0.29) is 24.2 Å². The Labute approximate surface area is 207 Å². The minimum Gasteiger partial charge on any atom is -0.491 e. The van der Waals surface area contributed by atoms with Gasteiger partial charge in [-0.2, -0.15) is 0 Å². The molecule has 4 rings (SSSR count). The molecule has 186 valence electrons. The average Bonchev–Trinajstić information content (AvgIpc) is 3.52. The van der Waals surface area contributed by atoms with Gasteiger partial charge in [0.05, 0.1) is 30.9 Å². The maximum atomic E-state index is 13.6. The summed E-state index contributed by atoms with van der Waals surface area (Å²) in [5.74, 6) is 0.932. The van der Waals surface area contributed by atoms with E-state index in [1.165, 1.54) is 10.4 Å². The molecule has 0 saturated heterocycles. The molecule has 1 amide bonds. The summed E-state index contributed by atoms with van der Waals surface area (Å²) in [5, 5.41) is 12.7. The summed E-state index contributed by atoms with van der Waals surface area (Å²) in [6, 6.07) is 10.4. The van der Waals surface area contributed by atoms with Crippen molar-refractivity contribution in [1.29, 1.82) is 0 Å². The third-order valence-corrected chi connectivity index (χ3v) is 7.36. The maximum absolute atomic E-state index is 13.6. The molecule has 0 spiro atoms. The van der Waals surface area contributed by atoms with Crippen molar-refractivity contribution in [3.8, 4) is 5.75 Å². The lowest BCUT2D eigenvalue weighted by atomic mass is 10.0. The summed E-state index contributed by atoms with van der Waals surface area (Å²) in [7, 11) is 0. The van der Waals surface area contributed by atoms with Crippen LogP contribution in [0.3, 0.4) is 0 Å². The van der Waals surface area contributed by atoms with Crippen molar-refractivity contribution in [1.82, 2.24) is 9.80 Å². The first-order valence-electron chi connectivity index (χ1n) is 12.3. The molecule has 1 aliphatic carbocycles. The standard InChI is InChI=1S/C27H38N2O4S/c1-19-6-5-7-22(14-19)32-18-24-23-11-13-34-25(23)10-12-29(24)26(31)16-28(20-8-9-20)15-21(30)17-33-27(2,3)4/h5-7,11,13-14,20-21,24,30H,8-10,12,15-18H2,1-4H3. The fourth-order valence-corrected chi connectivity index (χ4v) is 5.40. The van der Waals surface area contributed by atoms with Crippen LogP contribution in [0.15, 0.2) is 35.7 Å². The number of fused-ring (bicyclic) bond motifs is 1. The third-order valence-electron chi connectivity index (χ3n) is 6.37. The Kier molecular flexibility index (Phi) is 7.97. The number of thiophene rings is 1. The molecule has 1 aliphatic heterocycles. The summed E-state index contributed by atoms with van der Waals surface area (Å²) < 4.78 is 11.9. The van der Waals surface area contributed by atoms with Crippen molar-refractivity contribution in [3.05, 3.63) is 51.7 Å². The van der Waals surface area contributed by atoms with E-state index in [9.17, 15) is 9.90 Å². The minimum atomic E-state index is -0.613. The van der Waals surface area contributed by atoms with Crippen molar-refractivity contribution in [2.24, 2.45) is 0 Å². The summed E-state index contributed by atoms with van der Waals surface area (Å²) in [4.78, 5) is 19.0. The lowest BCUT2D eigenvalue weighted by Gasteiger charge is -2.37. The molecular formula is C27H38N2O4S. The second-order valence-electron chi connectivity index (χ2n) is 10.5. The highest BCUT2D eigenvalue weighted by Gasteiger charge is 2.36. The lowest BCUT2D eigenvalue weighted by molar-refractivity contribution is -0.137. The van der Waals surface area contributed by atoms with Crippen LogP contribution in [-0.2, 0) is 16.0 Å². The van der Waals surface area contributed by atoms with Crippen molar-refractivity contribution >= 4 is 17.2 Å². The topological polar surface area (TPSA) is 62.2 Å². The Morgan fingerprint density at radius 1 is 1.29 bits per heavy atom. The number of carbonyl (C=O) groups excluding carboxylic acids is 1. The lowest BCUT2D eigenvalue weighted by Crippen LogP contribution is -2.48. The van der Waals surface area contributed by atoms with Crippen molar-refractivity contribution in [3.63, 3.8) is 0 Å². The molecule has 2 aliphatic rings. The van der Waals surface area contributed by atoms with Crippen LogP contribution in [0.25, 0.3) is 0 Å². The number of hydrogen-bond acceptors (Lipinski definition) is 6. The summed E-state index contributed by atoms with van der Waals surface area (Å²) in [6.07, 6.45) is 2.42. The van der Waals surface area contributed by atoms with Crippen LogP contribution >= 0.6 is 11.3 Å². The number of amides is 1. The minimum absolute atomic E-state index is 0.0989. The Morgan fingerprint density at radius 3 is 2.79 bits per heavy atom. The summed E-state index contributed by atoms with van der Waals surface area (Å²) >= 11 is 1.76. The second-order valence-corrected chi connectivity index (χ2v) is 11.5. The number of nitrogens with zero attached hydrogens (tertiary/aromatic N) is 2. The van der Waals surface area contributed by atoms with E-state index in [0.29, 0.717) is 32.3 Å². The largest absolute Gasteiger partial charge is 0.491 e. The van der Waals surface area contributed by atoms with Gasteiger partial charge in [-0.3, -0.25) is 9.69 Å². The highest BCUT2D eigenvalue weighted by Crippen LogP contribution is 2.35. The number of benzene rings is 1. The van der Waals surface area contributed by atoms with Gasteiger partial charge in [0.15, 0.2) is 0 Å². The van der Waals surface area contributed by atoms with E-state index in [1.807, 2.05) is 56.9 Å². The Balaban J connectivity index is 1.42. The second kappa shape index (κ2) is 10.8. The van der Waals surface area contributed by atoms with Gasteiger partial charge in [-0.15, -0.1) is 11.3 Å². The first kappa shape index (κ1) is 25.2. The van der Waals surface area contributed by atoms with Gasteiger partial charge in [-0.25, -0.2) is 0 Å². The van der Waals surface area contributed by atoms with Crippen molar-refractivity contribution < 1.29 is 19.4 Å². The Hall–Kier alpha value is -1.93. The number of carbonyl (C=O) groups is 1. The Bertz CT molecular complexity index is 966. The quantitative estimate of drug-likeness (QED) is 0.545. The van der Waals surface area contributed by atoms with Crippen LogP contribution in [0.2, 0.25) is 0 Å². The Morgan fingerprint density at radius 2 is 2.09 bits per heavy atom. The zero-order valence-corrected chi connectivity index (χ0v) is 21.6. The van der Waals surface area contributed by atoms with Crippen LogP contribution < -0.4 is 4.74 Å². The SMILES string of the molecule is Cc1cccc(OCC2c3ccsc3CCN2C(=O)CN(CC(O)COC(C)(C)C)C2CC2)c1. The van der Waals surface area contributed by atoms with E-state index in [0.717, 1.165) is 30.6 Å². The van der Waals surface area contributed by atoms with Gasteiger partial charge >= 0.3 is 0 Å². The fraction of sp³-hybridized carbons (Fsp3) is 0.593. The van der Waals surface area contributed by atoms with Crippen LogP contribution in [-0.4, -0.2) is 71.4 Å². The first-order valence-corrected chi connectivity index (χ1v) is 13.2. The van der Waals surface area contributed by atoms with E-state index in [1.54, 1.807) is 11.3 Å². The molecule has 1 aromatic carbocycles. The number of aryl methyl sites for hydroxylation is 1. The van der Waals surface area contributed by atoms with E-state index < -0.39 is 6.10 Å². The molecule has 0 radical (unpaired) electrons. The van der Waals surface area contributed by atoms with Gasteiger partial charge in [0, 0.05) is 24.0 Å². The van der Waals surface area contributed by atoms with E-state index >= 15 is 0 Å². The zero-order valence-electron chi connectivity index (χ0n) is 20.8. The van der Waals surface area contributed by atoms with Crippen LogP contribution in [0.1, 0.15) is 55.7 Å². The molecule has 2 heterocycles. The summed E-state index contributed by atoms with van der Waals surface area (Å²) in [6.45, 7) is 10.2. The molecule has 34 heavy (non-hydrogen) atoms. The van der Waals surface area contributed by atoms with Crippen molar-refractivity contribution in [2.45, 2.75) is 70.7 Å². The van der Waals surface area contributed by atoms with Gasteiger partial charge in [0.25, 0.3) is 0 Å². The normalized spacial score (nSPS) is 19.2. The molecule has 1 N–H and O–H groups in total. The number of rotatable bonds is 10. The van der Waals surface area contributed by atoms with E-state index in [2.05, 4.69) is 16.3 Å². The van der Waals surface area contributed by atoms with Gasteiger partial charge in [-0.1, -0.05) is 12.1 Å². The molecule has 2 atom stereocenters. The molecule has 6 nitrogen and oxygen atoms in total. The first-order chi connectivity index (χ1) is 16.2. The van der Waals surface area contributed by atoms with Gasteiger partial charge in [0.1, 0.15) is 12.4 Å².